The molecule has 122 valence electrons. The third-order valence-electron chi connectivity index (χ3n) is 4.30. The number of pyridine rings is 1. The summed E-state index contributed by atoms with van der Waals surface area (Å²) in [5.41, 5.74) is 6.93. The van der Waals surface area contributed by atoms with Crippen LogP contribution in [-0.2, 0) is 11.3 Å². The molecule has 0 unspecified atom stereocenters. The predicted octanol–water partition coefficient (Wildman–Crippen LogP) is 0.619. The third-order valence-corrected chi connectivity index (χ3v) is 4.30. The van der Waals surface area contributed by atoms with E-state index < -0.39 is 0 Å². The maximum Gasteiger partial charge on any atom is 0.222 e. The average molecular weight is 306 g/mol. The van der Waals surface area contributed by atoms with Crippen LogP contribution in [0.5, 0.6) is 0 Å². The Bertz CT molecular complexity index is 507. The van der Waals surface area contributed by atoms with Gasteiger partial charge in [-0.1, -0.05) is 19.9 Å². The second kappa shape index (κ2) is 7.56. The van der Waals surface area contributed by atoms with Gasteiger partial charge in [-0.05, 0) is 17.9 Å². The molecule has 1 fully saturated rings. The number of hydrogen-bond donors (Lipinski definition) is 3. The first kappa shape index (κ1) is 16.7. The molecule has 0 aliphatic carbocycles. The fraction of sp³-hybridized carbons (Fsp3) is 0.625. The highest BCUT2D eigenvalue weighted by Gasteiger charge is 2.35. The van der Waals surface area contributed by atoms with Crippen LogP contribution in [0.3, 0.4) is 0 Å². The predicted molar refractivity (Wildman–Crippen MR) is 85.9 cm³/mol. The Labute approximate surface area is 131 Å². The van der Waals surface area contributed by atoms with Gasteiger partial charge in [0.25, 0.3) is 0 Å². The number of nitrogen functional groups attached to an aromatic ring is 1. The fourth-order valence-electron chi connectivity index (χ4n) is 3.08. The van der Waals surface area contributed by atoms with Crippen molar-refractivity contribution in [2.45, 2.75) is 32.9 Å². The zero-order valence-corrected chi connectivity index (χ0v) is 13.3. The van der Waals surface area contributed by atoms with Crippen molar-refractivity contribution in [1.82, 2.24) is 15.2 Å². The molecule has 1 amide bonds. The van der Waals surface area contributed by atoms with E-state index in [0.29, 0.717) is 17.7 Å². The zero-order chi connectivity index (χ0) is 16.1. The summed E-state index contributed by atoms with van der Waals surface area (Å²) in [4.78, 5) is 18.2. The van der Waals surface area contributed by atoms with Gasteiger partial charge >= 0.3 is 0 Å². The third kappa shape index (κ3) is 4.18. The Kier molecular flexibility index (Phi) is 5.74. The highest BCUT2D eigenvalue weighted by atomic mass is 16.3. The van der Waals surface area contributed by atoms with E-state index in [2.05, 4.69) is 29.0 Å². The number of nitrogens with two attached hydrogens (primary N) is 1. The first-order valence-corrected chi connectivity index (χ1v) is 7.83. The molecule has 1 aliphatic rings. The van der Waals surface area contributed by atoms with Crippen molar-refractivity contribution in [3.05, 3.63) is 23.9 Å². The first-order chi connectivity index (χ1) is 10.5. The summed E-state index contributed by atoms with van der Waals surface area (Å²) in [5.74, 6) is 1.37. The number of aliphatic hydroxyl groups is 1. The summed E-state index contributed by atoms with van der Waals surface area (Å²) in [5, 5.41) is 11.9. The van der Waals surface area contributed by atoms with E-state index in [1.165, 1.54) is 0 Å². The lowest BCUT2D eigenvalue weighted by Gasteiger charge is -2.22. The molecule has 0 radical (unpaired) electrons. The first-order valence-electron chi connectivity index (χ1n) is 7.83. The Morgan fingerprint density at radius 2 is 2.32 bits per heavy atom. The van der Waals surface area contributed by atoms with Crippen molar-refractivity contribution in [1.29, 1.82) is 0 Å². The molecule has 0 aromatic carbocycles. The van der Waals surface area contributed by atoms with E-state index in [4.69, 9.17) is 10.8 Å². The summed E-state index contributed by atoms with van der Waals surface area (Å²) < 4.78 is 0. The maximum absolute atomic E-state index is 11.8. The quantitative estimate of drug-likeness (QED) is 0.716. The molecule has 22 heavy (non-hydrogen) atoms. The lowest BCUT2D eigenvalue weighted by atomic mass is 9.91. The van der Waals surface area contributed by atoms with Gasteiger partial charge in [0, 0.05) is 43.9 Å². The highest BCUT2D eigenvalue weighted by molar-refractivity contribution is 5.76. The molecule has 1 aromatic rings. The van der Waals surface area contributed by atoms with Crippen molar-refractivity contribution < 1.29 is 9.90 Å². The number of carbonyl (C=O) groups is 1. The fourth-order valence-corrected chi connectivity index (χ4v) is 3.08. The normalized spacial score (nSPS) is 22.2. The van der Waals surface area contributed by atoms with Crippen LogP contribution >= 0.6 is 0 Å². The van der Waals surface area contributed by atoms with Crippen LogP contribution in [0.2, 0.25) is 0 Å². The second-order valence-corrected chi connectivity index (χ2v) is 6.30. The standard InChI is InChI=1S/C16H26N4O2/c1-11(2)13-9-20(8-12-4-3-6-18-16(12)17)10-14(13)19-15(22)5-7-21/h3-4,6,11,13-14,21H,5,7-10H2,1-2H3,(H2,17,18)(H,19,22)/t13-,14+/m0/s1. The van der Waals surface area contributed by atoms with Crippen LogP contribution in [0.4, 0.5) is 5.82 Å². The van der Waals surface area contributed by atoms with E-state index in [0.717, 1.165) is 25.2 Å². The second-order valence-electron chi connectivity index (χ2n) is 6.30. The number of aliphatic hydroxyl groups excluding tert-OH is 1. The number of carbonyl (C=O) groups excluding carboxylic acids is 1. The van der Waals surface area contributed by atoms with Crippen molar-refractivity contribution >= 4 is 11.7 Å². The average Bonchev–Trinajstić information content (AvgIpc) is 2.84. The number of likely N-dealkylation sites (tertiary alicyclic amines) is 1. The van der Waals surface area contributed by atoms with Gasteiger partial charge in [0.2, 0.25) is 5.91 Å². The molecule has 6 heteroatoms. The van der Waals surface area contributed by atoms with Gasteiger partial charge < -0.3 is 16.2 Å². The molecule has 2 atom stereocenters. The molecule has 1 saturated heterocycles. The number of anilines is 1. The highest BCUT2D eigenvalue weighted by Crippen LogP contribution is 2.26. The summed E-state index contributed by atoms with van der Waals surface area (Å²) in [6.07, 6.45) is 1.86. The largest absolute Gasteiger partial charge is 0.396 e. The monoisotopic (exact) mass is 306 g/mol. The van der Waals surface area contributed by atoms with Crippen molar-refractivity contribution in [3.63, 3.8) is 0 Å². The van der Waals surface area contributed by atoms with E-state index in [-0.39, 0.29) is 25.0 Å². The Balaban J connectivity index is 2.01. The van der Waals surface area contributed by atoms with Crippen LogP contribution in [-0.4, -0.2) is 46.6 Å². The van der Waals surface area contributed by atoms with E-state index in [1.807, 2.05) is 12.1 Å². The van der Waals surface area contributed by atoms with Crippen molar-refractivity contribution in [2.75, 3.05) is 25.4 Å². The number of aromatic nitrogens is 1. The molecule has 2 heterocycles. The molecule has 0 saturated carbocycles. The summed E-state index contributed by atoms with van der Waals surface area (Å²) in [6.45, 7) is 6.72. The SMILES string of the molecule is CC(C)[C@@H]1CN(Cc2cccnc2N)C[C@H]1NC(=O)CCO. The number of amides is 1. The van der Waals surface area contributed by atoms with Gasteiger partial charge in [0.05, 0.1) is 6.61 Å². The molecule has 2 rings (SSSR count). The number of hydrogen-bond acceptors (Lipinski definition) is 5. The summed E-state index contributed by atoms with van der Waals surface area (Å²) in [7, 11) is 0. The topological polar surface area (TPSA) is 91.5 Å². The van der Waals surface area contributed by atoms with Crippen LogP contribution in [0.25, 0.3) is 0 Å². The van der Waals surface area contributed by atoms with Crippen LogP contribution in [0, 0.1) is 11.8 Å². The molecule has 0 bridgehead atoms. The Hall–Kier alpha value is -1.66. The van der Waals surface area contributed by atoms with E-state index in [1.54, 1.807) is 6.20 Å². The van der Waals surface area contributed by atoms with Crippen LogP contribution in [0.15, 0.2) is 18.3 Å². The number of nitrogens with zero attached hydrogens (tertiary/aromatic N) is 2. The number of nitrogens with one attached hydrogen (secondary N) is 1. The van der Waals surface area contributed by atoms with Gasteiger partial charge in [-0.15, -0.1) is 0 Å². The molecule has 1 aromatic heterocycles. The lowest BCUT2D eigenvalue weighted by molar-refractivity contribution is -0.122. The Morgan fingerprint density at radius 3 is 2.95 bits per heavy atom. The maximum atomic E-state index is 11.8. The van der Waals surface area contributed by atoms with Crippen molar-refractivity contribution in [2.24, 2.45) is 11.8 Å². The summed E-state index contributed by atoms with van der Waals surface area (Å²) in [6, 6.07) is 4.00. The van der Waals surface area contributed by atoms with E-state index >= 15 is 0 Å². The molecule has 1 aliphatic heterocycles. The molecule has 6 nitrogen and oxygen atoms in total. The minimum absolute atomic E-state index is 0.0825. The van der Waals surface area contributed by atoms with Crippen LogP contribution in [0.1, 0.15) is 25.8 Å². The zero-order valence-electron chi connectivity index (χ0n) is 13.3. The Morgan fingerprint density at radius 1 is 1.55 bits per heavy atom. The van der Waals surface area contributed by atoms with Gasteiger partial charge in [-0.25, -0.2) is 4.98 Å². The minimum Gasteiger partial charge on any atom is -0.396 e. The molecular weight excluding hydrogens is 280 g/mol. The minimum atomic E-state index is -0.110. The smallest absolute Gasteiger partial charge is 0.222 e. The molecule has 0 spiro atoms. The van der Waals surface area contributed by atoms with Crippen molar-refractivity contribution in [3.8, 4) is 0 Å². The molecular formula is C16H26N4O2. The van der Waals surface area contributed by atoms with Crippen LogP contribution < -0.4 is 11.1 Å². The van der Waals surface area contributed by atoms with Gasteiger partial charge in [-0.3, -0.25) is 9.69 Å². The number of rotatable bonds is 6. The van der Waals surface area contributed by atoms with Gasteiger partial charge in [0.1, 0.15) is 5.82 Å². The lowest BCUT2D eigenvalue weighted by Crippen LogP contribution is -2.42. The van der Waals surface area contributed by atoms with E-state index in [9.17, 15) is 4.79 Å². The molecule has 4 N–H and O–H groups in total. The van der Waals surface area contributed by atoms with Gasteiger partial charge in [-0.2, -0.15) is 0 Å². The summed E-state index contributed by atoms with van der Waals surface area (Å²) >= 11 is 0. The van der Waals surface area contributed by atoms with Gasteiger partial charge in [0.15, 0.2) is 0 Å².